The van der Waals surface area contributed by atoms with Gasteiger partial charge in [0.25, 0.3) is 0 Å². The number of nitrogens with zero attached hydrogens (tertiary/aromatic N) is 2. The molecule has 1 atom stereocenters. The molecule has 0 fully saturated rings. The molecule has 0 heterocycles. The number of amides is 2. The molecule has 0 saturated carbocycles. The van der Waals surface area contributed by atoms with E-state index in [4.69, 9.17) is 11.6 Å². The van der Waals surface area contributed by atoms with Gasteiger partial charge >= 0.3 is 0 Å². The highest BCUT2D eigenvalue weighted by atomic mass is 35.5. The molecule has 0 saturated heterocycles. The van der Waals surface area contributed by atoms with E-state index in [9.17, 15) is 18.0 Å². The third kappa shape index (κ3) is 9.60. The number of carbonyl (C=O) groups excluding carboxylic acids is 2. The Morgan fingerprint density at radius 1 is 0.905 bits per heavy atom. The molecule has 0 bridgehead atoms. The first kappa shape index (κ1) is 33.1. The SMILES string of the molecule is CCCCNC(=O)[C@@H](Cc1ccccc1)N(Cc1ccc(Cl)cc1)C(=O)CCCN(c1cccc(C)c1C)S(C)(=O)=O. The van der Waals surface area contributed by atoms with Crippen LogP contribution in [0.1, 0.15) is 54.9 Å². The summed E-state index contributed by atoms with van der Waals surface area (Å²) in [5, 5.41) is 3.61. The third-order valence-corrected chi connectivity index (χ3v) is 8.80. The maximum absolute atomic E-state index is 13.9. The van der Waals surface area contributed by atoms with Crippen LogP contribution in [0.2, 0.25) is 5.02 Å². The van der Waals surface area contributed by atoms with Gasteiger partial charge in [-0.15, -0.1) is 0 Å². The van der Waals surface area contributed by atoms with Gasteiger partial charge in [-0.25, -0.2) is 8.42 Å². The number of anilines is 1. The maximum atomic E-state index is 13.9. The fraction of sp³-hybridized carbons (Fsp3) is 0.394. The van der Waals surface area contributed by atoms with Crippen molar-refractivity contribution in [2.45, 2.75) is 65.5 Å². The van der Waals surface area contributed by atoms with E-state index in [2.05, 4.69) is 12.2 Å². The van der Waals surface area contributed by atoms with Gasteiger partial charge in [-0.2, -0.15) is 0 Å². The molecule has 0 aromatic heterocycles. The molecule has 0 aliphatic carbocycles. The minimum absolute atomic E-state index is 0.0814. The van der Waals surface area contributed by atoms with Crippen molar-refractivity contribution in [2.24, 2.45) is 0 Å². The van der Waals surface area contributed by atoms with Crippen molar-refractivity contribution in [3.8, 4) is 0 Å². The number of carbonyl (C=O) groups is 2. The predicted molar refractivity (Wildman–Crippen MR) is 171 cm³/mol. The molecule has 2 amide bonds. The Balaban J connectivity index is 1.88. The van der Waals surface area contributed by atoms with E-state index in [0.717, 1.165) is 35.1 Å². The van der Waals surface area contributed by atoms with Crippen LogP contribution in [-0.2, 0) is 32.6 Å². The fourth-order valence-electron chi connectivity index (χ4n) is 4.83. The Morgan fingerprint density at radius 3 is 2.24 bits per heavy atom. The average Bonchev–Trinajstić information content (AvgIpc) is 2.95. The van der Waals surface area contributed by atoms with Gasteiger partial charge in [0.1, 0.15) is 6.04 Å². The van der Waals surface area contributed by atoms with Crippen LogP contribution in [0, 0.1) is 13.8 Å². The molecule has 0 aliphatic heterocycles. The van der Waals surface area contributed by atoms with Crippen molar-refractivity contribution in [2.75, 3.05) is 23.7 Å². The average molecular weight is 612 g/mol. The van der Waals surface area contributed by atoms with Gasteiger partial charge in [0, 0.05) is 37.5 Å². The van der Waals surface area contributed by atoms with Gasteiger partial charge in [0.2, 0.25) is 21.8 Å². The second-order valence-electron chi connectivity index (χ2n) is 10.7. The summed E-state index contributed by atoms with van der Waals surface area (Å²) in [4.78, 5) is 29.1. The highest BCUT2D eigenvalue weighted by Gasteiger charge is 2.30. The van der Waals surface area contributed by atoms with Gasteiger partial charge in [-0.3, -0.25) is 13.9 Å². The summed E-state index contributed by atoms with van der Waals surface area (Å²) < 4.78 is 26.9. The summed E-state index contributed by atoms with van der Waals surface area (Å²) in [5.41, 5.74) is 4.27. The molecule has 3 aromatic rings. The monoisotopic (exact) mass is 611 g/mol. The lowest BCUT2D eigenvalue weighted by atomic mass is 10.0. The van der Waals surface area contributed by atoms with Crippen LogP contribution in [-0.4, -0.2) is 50.5 Å². The first-order chi connectivity index (χ1) is 20.0. The molecule has 0 aliphatic rings. The Kier molecular flexibility index (Phi) is 12.4. The number of unbranched alkanes of at least 4 members (excludes halogenated alkanes) is 1. The van der Waals surface area contributed by atoms with Gasteiger partial charge < -0.3 is 10.2 Å². The zero-order chi connectivity index (χ0) is 30.7. The van der Waals surface area contributed by atoms with Gasteiger partial charge in [0.15, 0.2) is 0 Å². The van der Waals surface area contributed by atoms with E-state index in [1.807, 2.05) is 68.4 Å². The van der Waals surface area contributed by atoms with E-state index in [1.54, 1.807) is 23.1 Å². The van der Waals surface area contributed by atoms with E-state index in [0.29, 0.717) is 30.1 Å². The highest BCUT2D eigenvalue weighted by Crippen LogP contribution is 2.26. The standard InChI is InChI=1S/C33H42ClN3O4S/c1-5-6-21-35-33(39)31(23-27-13-8-7-9-14-27)36(24-28-17-19-29(34)20-18-28)32(38)16-11-22-37(42(4,40)41)30-15-10-12-25(2)26(30)3/h7-10,12-15,17-20,31H,5-6,11,16,21-24H2,1-4H3,(H,35,39)/t31-/m1/s1. The largest absolute Gasteiger partial charge is 0.354 e. The Hall–Kier alpha value is -3.36. The molecule has 42 heavy (non-hydrogen) atoms. The summed E-state index contributed by atoms with van der Waals surface area (Å²) in [5.74, 6) is -0.422. The number of hydrogen-bond donors (Lipinski definition) is 1. The molecule has 1 N–H and O–H groups in total. The van der Waals surface area contributed by atoms with E-state index < -0.39 is 16.1 Å². The summed E-state index contributed by atoms with van der Waals surface area (Å²) >= 11 is 6.11. The first-order valence-corrected chi connectivity index (χ1v) is 16.6. The van der Waals surface area contributed by atoms with Crippen molar-refractivity contribution in [1.82, 2.24) is 10.2 Å². The van der Waals surface area contributed by atoms with Gasteiger partial charge in [-0.05, 0) is 67.1 Å². The first-order valence-electron chi connectivity index (χ1n) is 14.4. The second-order valence-corrected chi connectivity index (χ2v) is 13.0. The Morgan fingerprint density at radius 2 is 1.60 bits per heavy atom. The summed E-state index contributed by atoms with van der Waals surface area (Å²) in [7, 11) is -3.58. The number of nitrogens with one attached hydrogen (secondary N) is 1. The van der Waals surface area contributed by atoms with E-state index >= 15 is 0 Å². The molecule has 0 radical (unpaired) electrons. The second kappa shape index (κ2) is 15.8. The zero-order valence-electron chi connectivity index (χ0n) is 25.0. The van der Waals surface area contributed by atoms with E-state index in [1.165, 1.54) is 10.6 Å². The van der Waals surface area contributed by atoms with Crippen LogP contribution >= 0.6 is 11.6 Å². The van der Waals surface area contributed by atoms with Crippen molar-refractivity contribution in [3.63, 3.8) is 0 Å². The third-order valence-electron chi connectivity index (χ3n) is 7.36. The molecular formula is C33H42ClN3O4S. The van der Waals surface area contributed by atoms with Crippen LogP contribution in [0.15, 0.2) is 72.8 Å². The normalized spacial score (nSPS) is 12.0. The number of aryl methyl sites for hydroxylation is 1. The summed E-state index contributed by atoms with van der Waals surface area (Å²) in [6.45, 7) is 6.80. The van der Waals surface area contributed by atoms with Gasteiger partial charge in [0.05, 0.1) is 11.9 Å². The van der Waals surface area contributed by atoms with Crippen molar-refractivity contribution >= 4 is 39.1 Å². The zero-order valence-corrected chi connectivity index (χ0v) is 26.5. The topological polar surface area (TPSA) is 86.8 Å². The molecule has 0 unspecified atom stereocenters. The summed E-state index contributed by atoms with van der Waals surface area (Å²) in [6.07, 6.45) is 3.70. The summed E-state index contributed by atoms with van der Waals surface area (Å²) in [6, 6.07) is 21.7. The smallest absolute Gasteiger partial charge is 0.243 e. The number of sulfonamides is 1. The maximum Gasteiger partial charge on any atom is 0.243 e. The molecule has 3 rings (SSSR count). The van der Waals surface area contributed by atoms with Crippen LogP contribution < -0.4 is 9.62 Å². The quantitative estimate of drug-likeness (QED) is 0.212. The van der Waals surface area contributed by atoms with Crippen molar-refractivity contribution in [1.29, 1.82) is 0 Å². The molecule has 0 spiro atoms. The Labute approximate surface area is 255 Å². The number of hydrogen-bond acceptors (Lipinski definition) is 4. The lowest BCUT2D eigenvalue weighted by molar-refractivity contribution is -0.141. The molecule has 7 nitrogen and oxygen atoms in total. The number of benzene rings is 3. The fourth-order valence-corrected chi connectivity index (χ4v) is 5.98. The van der Waals surface area contributed by atoms with Crippen LogP contribution in [0.4, 0.5) is 5.69 Å². The van der Waals surface area contributed by atoms with E-state index in [-0.39, 0.29) is 31.3 Å². The lowest BCUT2D eigenvalue weighted by Gasteiger charge is -2.32. The molecular weight excluding hydrogens is 570 g/mol. The lowest BCUT2D eigenvalue weighted by Crippen LogP contribution is -2.50. The Bertz CT molecular complexity index is 1430. The van der Waals surface area contributed by atoms with Gasteiger partial charge in [-0.1, -0.05) is 79.5 Å². The molecule has 226 valence electrons. The van der Waals surface area contributed by atoms with Crippen molar-refractivity contribution < 1.29 is 18.0 Å². The predicted octanol–water partition coefficient (Wildman–Crippen LogP) is 6.06. The molecule has 3 aromatic carbocycles. The molecule has 9 heteroatoms. The highest BCUT2D eigenvalue weighted by molar-refractivity contribution is 7.92. The minimum Gasteiger partial charge on any atom is -0.354 e. The van der Waals surface area contributed by atoms with Crippen LogP contribution in [0.3, 0.4) is 0 Å². The minimum atomic E-state index is -3.58. The van der Waals surface area contributed by atoms with Crippen LogP contribution in [0.5, 0.6) is 0 Å². The van der Waals surface area contributed by atoms with Crippen molar-refractivity contribution in [3.05, 3.63) is 100 Å². The number of rotatable bonds is 15. The number of halogens is 1. The van der Waals surface area contributed by atoms with Crippen LogP contribution in [0.25, 0.3) is 0 Å².